The van der Waals surface area contributed by atoms with Crippen LogP contribution in [0.15, 0.2) is 35.5 Å². The van der Waals surface area contributed by atoms with Gasteiger partial charge in [0.25, 0.3) is 0 Å². The van der Waals surface area contributed by atoms with Crippen LogP contribution in [0.1, 0.15) is 13.8 Å². The lowest BCUT2D eigenvalue weighted by Crippen LogP contribution is -2.30. The maximum absolute atomic E-state index is 12.5. The summed E-state index contributed by atoms with van der Waals surface area (Å²) in [7, 11) is -0.792. The second-order valence-electron chi connectivity index (χ2n) is 6.22. The lowest BCUT2D eigenvalue weighted by Gasteiger charge is -2.13. The fraction of sp³-hybridized carbons (Fsp3) is 0.278. The van der Waals surface area contributed by atoms with Crippen molar-refractivity contribution >= 4 is 32.5 Å². The van der Waals surface area contributed by atoms with Crippen LogP contribution in [0.25, 0.3) is 22.0 Å². The lowest BCUT2D eigenvalue weighted by molar-refractivity contribution is 0.353. The number of hydrogen-bond donors (Lipinski definition) is 1. The van der Waals surface area contributed by atoms with Crippen molar-refractivity contribution in [2.75, 3.05) is 14.2 Å². The van der Waals surface area contributed by atoms with Crippen LogP contribution < -0.4 is 14.2 Å². The summed E-state index contributed by atoms with van der Waals surface area (Å²) in [5.74, 6) is 0.345. The minimum Gasteiger partial charge on any atom is -0.480 e. The molecule has 2 heterocycles. The van der Waals surface area contributed by atoms with Crippen LogP contribution >= 0.6 is 11.6 Å². The van der Waals surface area contributed by atoms with Gasteiger partial charge < -0.3 is 9.47 Å². The van der Waals surface area contributed by atoms with Gasteiger partial charge in [0.15, 0.2) is 0 Å². The molecule has 0 spiro atoms. The number of nitrogens with one attached hydrogen (secondary N) is 1. The summed E-state index contributed by atoms with van der Waals surface area (Å²) in [6.45, 7) is 3.47. The first-order valence-corrected chi connectivity index (χ1v) is 10.2. The number of fused-ring (bicyclic) bond motifs is 1. The number of rotatable bonds is 6. The summed E-state index contributed by atoms with van der Waals surface area (Å²) in [5, 5.41) is 0.632. The number of ether oxygens (including phenoxy) is 2. The van der Waals surface area contributed by atoms with Gasteiger partial charge in [-0.05, 0) is 25.5 Å². The Hall–Kier alpha value is -2.49. The molecule has 3 aromatic rings. The van der Waals surface area contributed by atoms with E-state index in [9.17, 15) is 8.42 Å². The van der Waals surface area contributed by atoms with Gasteiger partial charge in [-0.25, -0.2) is 18.1 Å². The second kappa shape index (κ2) is 7.86. The molecule has 0 bridgehead atoms. The second-order valence-corrected chi connectivity index (χ2v) is 8.28. The van der Waals surface area contributed by atoms with Gasteiger partial charge in [0.05, 0.1) is 30.3 Å². The smallest absolute Gasteiger partial charge is 0.319 e. The number of nitrogens with zero attached hydrogens (tertiary/aromatic N) is 3. The molecule has 2 aromatic heterocycles. The average molecular weight is 423 g/mol. The molecule has 1 N–H and O–H groups in total. The zero-order chi connectivity index (χ0) is 20.5. The molecule has 0 unspecified atom stereocenters. The van der Waals surface area contributed by atoms with Crippen molar-refractivity contribution in [1.29, 1.82) is 0 Å². The molecule has 0 saturated heterocycles. The monoisotopic (exact) mass is 422 g/mol. The average Bonchev–Trinajstić information content (AvgIpc) is 2.66. The summed E-state index contributed by atoms with van der Waals surface area (Å²) in [5.41, 5.74) is 1.91. The van der Waals surface area contributed by atoms with Crippen LogP contribution in [0.2, 0.25) is 5.02 Å². The topological polar surface area (TPSA) is 103 Å². The van der Waals surface area contributed by atoms with Crippen LogP contribution in [-0.4, -0.2) is 43.6 Å². The quantitative estimate of drug-likeness (QED) is 0.651. The van der Waals surface area contributed by atoms with Crippen molar-refractivity contribution in [3.05, 3.63) is 35.6 Å². The summed E-state index contributed by atoms with van der Waals surface area (Å²) < 4.78 is 37.7. The molecule has 10 heteroatoms. The normalized spacial score (nSPS) is 11.8. The Bertz CT molecular complexity index is 1140. The third-order valence-electron chi connectivity index (χ3n) is 3.87. The molecule has 0 saturated carbocycles. The zero-order valence-corrected chi connectivity index (χ0v) is 17.3. The number of methoxy groups -OCH3 is 2. The third kappa shape index (κ3) is 3.87. The molecule has 0 aliphatic heterocycles. The maximum atomic E-state index is 12.5. The molecule has 1 aromatic carbocycles. The zero-order valence-electron chi connectivity index (χ0n) is 15.7. The number of benzene rings is 1. The summed E-state index contributed by atoms with van der Waals surface area (Å²) in [6.07, 6.45) is 2.83. The van der Waals surface area contributed by atoms with Crippen LogP contribution in [0.5, 0.6) is 11.9 Å². The lowest BCUT2D eigenvalue weighted by atomic mass is 10.1. The van der Waals surface area contributed by atoms with Gasteiger partial charge in [-0.2, -0.15) is 4.98 Å². The highest BCUT2D eigenvalue weighted by atomic mass is 35.5. The van der Waals surface area contributed by atoms with Gasteiger partial charge in [-0.1, -0.05) is 23.7 Å². The SMILES string of the molecule is COc1ncc(-c2ccc3c(Cl)c(S(=O)(=O)NC(C)C)cnc3c2)c(OC)n1. The fourth-order valence-electron chi connectivity index (χ4n) is 2.67. The van der Waals surface area contributed by atoms with Gasteiger partial charge in [-0.3, -0.25) is 4.98 Å². The Morgan fingerprint density at radius 3 is 2.50 bits per heavy atom. The molecule has 0 aliphatic rings. The van der Waals surface area contributed by atoms with E-state index >= 15 is 0 Å². The predicted octanol–water partition coefficient (Wildman–Crippen LogP) is 3.05. The van der Waals surface area contributed by atoms with Crippen LogP contribution in [0.4, 0.5) is 0 Å². The first kappa shape index (κ1) is 20.2. The highest BCUT2D eigenvalue weighted by Crippen LogP contribution is 2.34. The van der Waals surface area contributed by atoms with Crippen molar-refractivity contribution in [3.63, 3.8) is 0 Å². The summed E-state index contributed by atoms with van der Waals surface area (Å²) in [6, 6.07) is 5.17. The van der Waals surface area contributed by atoms with E-state index in [1.54, 1.807) is 38.2 Å². The molecule has 3 rings (SSSR count). The molecule has 28 heavy (non-hydrogen) atoms. The van der Waals surface area contributed by atoms with E-state index in [0.717, 1.165) is 5.56 Å². The Kier molecular flexibility index (Phi) is 5.69. The minimum atomic E-state index is -3.76. The van der Waals surface area contributed by atoms with Crippen molar-refractivity contribution < 1.29 is 17.9 Å². The van der Waals surface area contributed by atoms with E-state index in [0.29, 0.717) is 22.3 Å². The molecule has 148 valence electrons. The highest BCUT2D eigenvalue weighted by molar-refractivity contribution is 7.89. The van der Waals surface area contributed by atoms with Gasteiger partial charge in [-0.15, -0.1) is 0 Å². The maximum Gasteiger partial charge on any atom is 0.319 e. The van der Waals surface area contributed by atoms with Gasteiger partial charge in [0.2, 0.25) is 15.9 Å². The van der Waals surface area contributed by atoms with Crippen molar-refractivity contribution in [2.45, 2.75) is 24.8 Å². The highest BCUT2D eigenvalue weighted by Gasteiger charge is 2.22. The number of pyridine rings is 1. The van der Waals surface area contributed by atoms with Crippen LogP contribution in [-0.2, 0) is 10.0 Å². The molecule has 0 fully saturated rings. The molecule has 0 amide bonds. The number of aromatic nitrogens is 3. The van der Waals surface area contributed by atoms with Gasteiger partial charge in [0.1, 0.15) is 4.90 Å². The first-order valence-electron chi connectivity index (χ1n) is 8.32. The molecule has 0 radical (unpaired) electrons. The first-order chi connectivity index (χ1) is 13.3. The standard InChI is InChI=1S/C18H19ClN4O4S/c1-10(2)23-28(24,25)15-9-20-14-7-11(5-6-12(14)16(15)19)13-8-21-18(27-4)22-17(13)26-3/h5-10,23H,1-4H3. The van der Waals surface area contributed by atoms with E-state index < -0.39 is 10.0 Å². The van der Waals surface area contributed by atoms with Crippen molar-refractivity contribution in [3.8, 4) is 23.0 Å². The van der Waals surface area contributed by atoms with E-state index in [1.165, 1.54) is 20.4 Å². The number of sulfonamides is 1. The largest absolute Gasteiger partial charge is 0.480 e. The number of halogens is 1. The molecule has 0 aliphatic carbocycles. The van der Waals surface area contributed by atoms with Crippen LogP contribution in [0.3, 0.4) is 0 Å². The van der Waals surface area contributed by atoms with E-state index in [2.05, 4.69) is 19.7 Å². The van der Waals surface area contributed by atoms with Gasteiger partial charge in [0, 0.05) is 23.8 Å². The third-order valence-corrected chi connectivity index (χ3v) is 6.06. The fourth-order valence-corrected chi connectivity index (χ4v) is 4.47. The van der Waals surface area contributed by atoms with E-state index in [-0.39, 0.29) is 22.0 Å². The Morgan fingerprint density at radius 1 is 1.11 bits per heavy atom. The molecular weight excluding hydrogens is 404 g/mol. The minimum absolute atomic E-state index is 0.0616. The molecular formula is C18H19ClN4O4S. The van der Waals surface area contributed by atoms with Gasteiger partial charge >= 0.3 is 6.01 Å². The Morgan fingerprint density at radius 2 is 1.86 bits per heavy atom. The summed E-state index contributed by atoms with van der Waals surface area (Å²) in [4.78, 5) is 12.5. The van der Waals surface area contributed by atoms with Crippen molar-refractivity contribution in [1.82, 2.24) is 19.7 Å². The van der Waals surface area contributed by atoms with Crippen molar-refractivity contribution in [2.24, 2.45) is 0 Å². The number of hydrogen-bond acceptors (Lipinski definition) is 7. The van der Waals surface area contributed by atoms with E-state index in [4.69, 9.17) is 21.1 Å². The van der Waals surface area contributed by atoms with Crippen LogP contribution in [0, 0.1) is 0 Å². The van der Waals surface area contributed by atoms with E-state index in [1.807, 2.05) is 0 Å². The predicted molar refractivity (Wildman–Crippen MR) is 106 cm³/mol. The molecule has 8 nitrogen and oxygen atoms in total. The Balaban J connectivity index is 2.11. The Labute approximate surface area is 167 Å². The molecule has 0 atom stereocenters. The summed E-state index contributed by atoms with van der Waals surface area (Å²) >= 11 is 6.38.